The van der Waals surface area contributed by atoms with Crippen molar-refractivity contribution in [2.45, 2.75) is 24.8 Å². The van der Waals surface area contributed by atoms with E-state index in [0.29, 0.717) is 24.2 Å². The molecule has 1 amide bonds. The van der Waals surface area contributed by atoms with Gasteiger partial charge in [0.05, 0.1) is 7.11 Å². The van der Waals surface area contributed by atoms with Crippen LogP contribution in [0.4, 0.5) is 11.6 Å². The molecule has 28 heavy (non-hydrogen) atoms. The van der Waals surface area contributed by atoms with E-state index in [1.54, 1.807) is 18.2 Å². The van der Waals surface area contributed by atoms with Gasteiger partial charge in [-0.25, -0.2) is 4.98 Å². The highest BCUT2D eigenvalue weighted by atomic mass is 16.5. The Morgan fingerprint density at radius 3 is 2.86 bits per heavy atom. The molecule has 1 atom stereocenters. The van der Waals surface area contributed by atoms with Gasteiger partial charge in [0.15, 0.2) is 0 Å². The van der Waals surface area contributed by atoms with Gasteiger partial charge in [-0.1, -0.05) is 6.07 Å². The number of hydrogen-bond donors (Lipinski definition) is 2. The highest BCUT2D eigenvalue weighted by Crippen LogP contribution is 2.34. The van der Waals surface area contributed by atoms with Crippen molar-refractivity contribution in [1.82, 2.24) is 20.8 Å². The van der Waals surface area contributed by atoms with Crippen LogP contribution in [0.15, 0.2) is 30.5 Å². The molecule has 146 valence electrons. The number of ether oxygens (including phenoxy) is 1. The average molecular weight is 380 g/mol. The molecular weight excluding hydrogens is 356 g/mol. The average Bonchev–Trinajstić information content (AvgIpc) is 3.47. The number of nitrogens with zero attached hydrogens (tertiary/aromatic N) is 4. The third-order valence-electron chi connectivity index (χ3n) is 5.92. The minimum atomic E-state index is -0.174. The third kappa shape index (κ3) is 2.80. The van der Waals surface area contributed by atoms with Crippen LogP contribution in [0.5, 0.6) is 5.88 Å². The first-order valence-electron chi connectivity index (χ1n) is 9.79. The fourth-order valence-corrected chi connectivity index (χ4v) is 4.46. The number of carbonyl (C=O) groups excluding carboxylic acids is 1. The monoisotopic (exact) mass is 380 g/mol. The number of methoxy groups -OCH3 is 1. The molecule has 0 saturated carbocycles. The smallest absolute Gasteiger partial charge is 0.250 e. The molecule has 2 aromatic heterocycles. The van der Waals surface area contributed by atoms with Crippen molar-refractivity contribution >= 4 is 17.5 Å². The summed E-state index contributed by atoms with van der Waals surface area (Å²) in [5, 5.41) is 0. The molecule has 0 bridgehead atoms. The normalized spacial score (nSPS) is 22.2. The Morgan fingerprint density at radius 2 is 2.04 bits per heavy atom. The molecule has 0 spiro atoms. The molecule has 2 saturated heterocycles. The summed E-state index contributed by atoms with van der Waals surface area (Å²) in [6.45, 7) is 3.17. The summed E-state index contributed by atoms with van der Waals surface area (Å²) in [6, 6.07) is 7.85. The summed E-state index contributed by atoms with van der Waals surface area (Å²) in [5.41, 5.74) is 8.55. The molecule has 2 fully saturated rings. The largest absolute Gasteiger partial charge is 0.481 e. The zero-order valence-corrected chi connectivity index (χ0v) is 15.9. The van der Waals surface area contributed by atoms with Crippen molar-refractivity contribution < 1.29 is 9.53 Å². The Labute approximate surface area is 163 Å². The Bertz CT molecular complexity index is 898. The van der Waals surface area contributed by atoms with Crippen LogP contribution in [0.3, 0.4) is 0 Å². The number of pyridine rings is 2. The fourth-order valence-electron chi connectivity index (χ4n) is 4.46. The van der Waals surface area contributed by atoms with Crippen LogP contribution in [0.1, 0.15) is 23.5 Å². The van der Waals surface area contributed by atoms with Crippen LogP contribution in [-0.2, 0) is 11.2 Å². The van der Waals surface area contributed by atoms with Gasteiger partial charge in [-0.15, -0.1) is 0 Å². The van der Waals surface area contributed by atoms with Crippen molar-refractivity contribution in [2.24, 2.45) is 0 Å². The second kappa shape index (κ2) is 7.03. The molecular formula is C20H24N6O2. The number of carbonyl (C=O) groups is 1. The van der Waals surface area contributed by atoms with Crippen molar-refractivity contribution in [1.29, 1.82) is 0 Å². The SMILES string of the molecule is COc1nc(N2CCC(N3CCc4cccnc43)C2=O)ccc1C1CNNC1. The lowest BCUT2D eigenvalue weighted by molar-refractivity contribution is -0.118. The van der Waals surface area contributed by atoms with Crippen LogP contribution in [-0.4, -0.2) is 55.2 Å². The predicted octanol–water partition coefficient (Wildman–Crippen LogP) is 0.845. The highest BCUT2D eigenvalue weighted by molar-refractivity contribution is 6.00. The topological polar surface area (TPSA) is 82.6 Å². The maximum atomic E-state index is 13.2. The maximum absolute atomic E-state index is 13.2. The third-order valence-corrected chi connectivity index (χ3v) is 5.92. The Balaban J connectivity index is 1.38. The number of nitrogens with one attached hydrogen (secondary N) is 2. The van der Waals surface area contributed by atoms with Gasteiger partial charge >= 0.3 is 0 Å². The number of aromatic nitrogens is 2. The summed E-state index contributed by atoms with van der Waals surface area (Å²) in [7, 11) is 1.63. The molecule has 0 aromatic carbocycles. The predicted molar refractivity (Wildman–Crippen MR) is 106 cm³/mol. The fraction of sp³-hybridized carbons (Fsp3) is 0.450. The minimum absolute atomic E-state index is 0.0880. The number of hydrazine groups is 1. The number of hydrogen-bond acceptors (Lipinski definition) is 7. The Morgan fingerprint density at radius 1 is 1.18 bits per heavy atom. The van der Waals surface area contributed by atoms with Crippen LogP contribution in [0.2, 0.25) is 0 Å². The van der Waals surface area contributed by atoms with Gasteiger partial charge in [0.1, 0.15) is 17.7 Å². The van der Waals surface area contributed by atoms with Gasteiger partial charge in [0, 0.05) is 43.9 Å². The van der Waals surface area contributed by atoms with Crippen molar-refractivity contribution in [3.63, 3.8) is 0 Å². The van der Waals surface area contributed by atoms with Crippen molar-refractivity contribution in [3.8, 4) is 5.88 Å². The highest BCUT2D eigenvalue weighted by Gasteiger charge is 2.40. The number of anilines is 2. The van der Waals surface area contributed by atoms with Crippen LogP contribution >= 0.6 is 0 Å². The number of amides is 1. The van der Waals surface area contributed by atoms with Crippen LogP contribution in [0.25, 0.3) is 0 Å². The number of rotatable bonds is 4. The maximum Gasteiger partial charge on any atom is 0.250 e. The zero-order valence-electron chi connectivity index (χ0n) is 15.9. The second-order valence-electron chi connectivity index (χ2n) is 7.45. The molecule has 5 rings (SSSR count). The lowest BCUT2D eigenvalue weighted by atomic mass is 10.0. The van der Waals surface area contributed by atoms with Crippen LogP contribution < -0.4 is 25.4 Å². The summed E-state index contributed by atoms with van der Waals surface area (Å²) >= 11 is 0. The van der Waals surface area contributed by atoms with E-state index in [1.807, 2.05) is 18.2 Å². The summed E-state index contributed by atoms with van der Waals surface area (Å²) < 4.78 is 5.54. The van der Waals surface area contributed by atoms with Gasteiger partial charge in [0.25, 0.3) is 5.91 Å². The van der Waals surface area contributed by atoms with Gasteiger partial charge < -0.3 is 9.64 Å². The van der Waals surface area contributed by atoms with E-state index >= 15 is 0 Å². The lowest BCUT2D eigenvalue weighted by Gasteiger charge is -2.25. The Kier molecular flexibility index (Phi) is 4.37. The quantitative estimate of drug-likeness (QED) is 0.814. The number of fused-ring (bicyclic) bond motifs is 1. The van der Waals surface area contributed by atoms with Crippen LogP contribution in [0, 0.1) is 0 Å². The zero-order chi connectivity index (χ0) is 19.1. The molecule has 5 heterocycles. The molecule has 0 radical (unpaired) electrons. The molecule has 2 N–H and O–H groups in total. The van der Waals surface area contributed by atoms with E-state index in [4.69, 9.17) is 4.74 Å². The minimum Gasteiger partial charge on any atom is -0.481 e. The summed E-state index contributed by atoms with van der Waals surface area (Å²) in [6.07, 6.45) is 3.51. The van der Waals surface area contributed by atoms with Gasteiger partial charge in [0.2, 0.25) is 5.88 Å². The first kappa shape index (κ1) is 17.4. The van der Waals surface area contributed by atoms with Gasteiger partial charge in [-0.05, 0) is 36.6 Å². The molecule has 0 aliphatic carbocycles. The van der Waals surface area contributed by atoms with Gasteiger partial charge in [-0.3, -0.25) is 20.5 Å². The summed E-state index contributed by atoms with van der Waals surface area (Å²) in [4.78, 5) is 26.3. The molecule has 8 heteroatoms. The lowest BCUT2D eigenvalue weighted by Crippen LogP contribution is -2.41. The standard InChI is InChI=1S/C20H24N6O2/c1-28-19-15(14-11-22-23-12-14)4-5-17(24-19)26-10-7-16(20(26)27)25-9-6-13-3-2-8-21-18(13)25/h2-5,8,14,16,22-23H,6-7,9-12H2,1H3. The molecule has 1 unspecified atom stereocenters. The molecule has 3 aliphatic rings. The van der Waals surface area contributed by atoms with E-state index in [1.165, 1.54) is 5.56 Å². The molecule has 8 nitrogen and oxygen atoms in total. The van der Waals surface area contributed by atoms with E-state index in [0.717, 1.165) is 43.9 Å². The van der Waals surface area contributed by atoms with E-state index < -0.39 is 0 Å². The van der Waals surface area contributed by atoms with Crippen molar-refractivity contribution in [3.05, 3.63) is 41.6 Å². The molecule has 2 aromatic rings. The Hall–Kier alpha value is -2.71. The van der Waals surface area contributed by atoms with Crippen molar-refractivity contribution in [2.75, 3.05) is 43.1 Å². The van der Waals surface area contributed by atoms with E-state index in [-0.39, 0.29) is 11.9 Å². The molecule has 3 aliphatic heterocycles. The second-order valence-corrected chi connectivity index (χ2v) is 7.45. The first-order valence-corrected chi connectivity index (χ1v) is 9.79. The first-order chi connectivity index (χ1) is 13.8. The van der Waals surface area contributed by atoms with E-state index in [2.05, 4.69) is 31.8 Å². The summed E-state index contributed by atoms with van der Waals surface area (Å²) in [5.74, 6) is 2.60. The van der Waals surface area contributed by atoms with Gasteiger partial charge in [-0.2, -0.15) is 4.98 Å². The van der Waals surface area contributed by atoms with E-state index in [9.17, 15) is 4.79 Å².